The van der Waals surface area contributed by atoms with Gasteiger partial charge >= 0.3 is 0 Å². The van der Waals surface area contributed by atoms with Gasteiger partial charge in [0.1, 0.15) is 0 Å². The third-order valence-corrected chi connectivity index (χ3v) is 5.67. The molecule has 0 radical (unpaired) electrons. The summed E-state index contributed by atoms with van der Waals surface area (Å²) in [5.41, 5.74) is 7.34. The van der Waals surface area contributed by atoms with Gasteiger partial charge in [0.25, 0.3) is 5.91 Å². The van der Waals surface area contributed by atoms with Gasteiger partial charge < -0.3 is 0 Å². The van der Waals surface area contributed by atoms with E-state index in [1.54, 1.807) is 22.2 Å². The van der Waals surface area contributed by atoms with E-state index in [0.29, 0.717) is 17.7 Å². The summed E-state index contributed by atoms with van der Waals surface area (Å²) in [5, 5.41) is 4.07. The second-order valence-corrected chi connectivity index (χ2v) is 7.63. The fraction of sp³-hybridized carbons (Fsp3) is 0.500. The highest BCUT2D eigenvalue weighted by Gasteiger charge is 2.16. The van der Waals surface area contributed by atoms with Crippen LogP contribution in [0.1, 0.15) is 57.8 Å². The highest BCUT2D eigenvalue weighted by molar-refractivity contribution is 7.14. The van der Waals surface area contributed by atoms with Gasteiger partial charge in [-0.25, -0.2) is 0 Å². The molecule has 0 saturated heterocycles. The lowest BCUT2D eigenvalue weighted by Gasteiger charge is -2.07. The van der Waals surface area contributed by atoms with Crippen LogP contribution in [0.15, 0.2) is 18.5 Å². The summed E-state index contributed by atoms with van der Waals surface area (Å²) in [6.45, 7) is 0. The van der Waals surface area contributed by atoms with E-state index in [1.807, 2.05) is 19.3 Å². The van der Waals surface area contributed by atoms with Crippen molar-refractivity contribution >= 4 is 23.2 Å². The molecule has 1 aliphatic carbocycles. The maximum Gasteiger partial charge on any atom is 0.279 e. The number of thiophene rings is 1. The molecule has 6 nitrogen and oxygen atoms in total. The summed E-state index contributed by atoms with van der Waals surface area (Å²) in [7, 11) is 1.84. The minimum Gasteiger partial charge on any atom is -0.276 e. The van der Waals surface area contributed by atoms with E-state index in [-0.39, 0.29) is 11.8 Å². The van der Waals surface area contributed by atoms with Crippen LogP contribution in [0.3, 0.4) is 0 Å². The molecule has 2 aromatic rings. The number of aryl methyl sites for hydroxylation is 4. The third kappa shape index (κ3) is 4.92. The van der Waals surface area contributed by atoms with Crippen LogP contribution in [-0.2, 0) is 31.1 Å². The van der Waals surface area contributed by atoms with Crippen LogP contribution in [0.2, 0.25) is 0 Å². The summed E-state index contributed by atoms with van der Waals surface area (Å²) in [6, 6.07) is 1.99. The average molecular weight is 360 g/mol. The maximum atomic E-state index is 12.3. The molecule has 1 aliphatic rings. The summed E-state index contributed by atoms with van der Waals surface area (Å²) in [4.78, 5) is 26.2. The van der Waals surface area contributed by atoms with Gasteiger partial charge in [-0.05, 0) is 49.3 Å². The van der Waals surface area contributed by atoms with E-state index in [0.717, 1.165) is 18.4 Å². The second-order valence-electron chi connectivity index (χ2n) is 6.50. The van der Waals surface area contributed by atoms with Crippen molar-refractivity contribution in [3.05, 3.63) is 39.3 Å². The van der Waals surface area contributed by atoms with E-state index in [4.69, 9.17) is 0 Å². The normalized spacial score (nSPS) is 14.3. The molecule has 0 bridgehead atoms. The molecule has 2 N–H and O–H groups in total. The maximum absolute atomic E-state index is 12.3. The smallest absolute Gasteiger partial charge is 0.276 e. The van der Waals surface area contributed by atoms with E-state index in [2.05, 4.69) is 16.0 Å². The van der Waals surface area contributed by atoms with Gasteiger partial charge in [0.2, 0.25) is 5.91 Å². The number of aromatic nitrogens is 2. The van der Waals surface area contributed by atoms with Gasteiger partial charge in [0.05, 0.1) is 11.1 Å². The molecule has 0 unspecified atom stereocenters. The van der Waals surface area contributed by atoms with Crippen molar-refractivity contribution in [3.63, 3.8) is 0 Å². The number of hydrogen-bond donors (Lipinski definition) is 2. The van der Waals surface area contributed by atoms with Gasteiger partial charge in [0, 0.05) is 24.5 Å². The van der Waals surface area contributed by atoms with Gasteiger partial charge in [-0.2, -0.15) is 5.10 Å². The first-order valence-corrected chi connectivity index (χ1v) is 9.62. The Balaban J connectivity index is 1.48. The summed E-state index contributed by atoms with van der Waals surface area (Å²) in [6.07, 6.45) is 11.6. The number of hydrogen-bond acceptors (Lipinski definition) is 4. The minimum absolute atomic E-state index is 0.202. The molecular formula is C18H24N4O2S. The van der Waals surface area contributed by atoms with Crippen molar-refractivity contribution in [1.29, 1.82) is 0 Å². The van der Waals surface area contributed by atoms with Crippen molar-refractivity contribution < 1.29 is 9.59 Å². The van der Waals surface area contributed by atoms with Crippen LogP contribution in [0.4, 0.5) is 0 Å². The number of nitrogens with zero attached hydrogens (tertiary/aromatic N) is 2. The Labute approximate surface area is 151 Å². The number of hydrazine groups is 1. The Hall–Kier alpha value is -2.15. The van der Waals surface area contributed by atoms with E-state index in [1.165, 1.54) is 36.1 Å². The number of carbonyl (C=O) groups excluding carboxylic acids is 2. The summed E-state index contributed by atoms with van der Waals surface area (Å²) in [5.74, 6) is -0.432. The highest BCUT2D eigenvalue weighted by Crippen LogP contribution is 2.28. The van der Waals surface area contributed by atoms with Crippen LogP contribution in [0, 0.1) is 0 Å². The Morgan fingerprint density at radius 3 is 2.76 bits per heavy atom. The first kappa shape index (κ1) is 17.7. The Bertz CT molecular complexity index is 725. The van der Waals surface area contributed by atoms with Crippen molar-refractivity contribution in [2.75, 3.05) is 0 Å². The predicted octanol–water partition coefficient (Wildman–Crippen LogP) is 2.53. The predicted molar refractivity (Wildman–Crippen MR) is 97.3 cm³/mol. The molecule has 0 aliphatic heterocycles. The molecule has 3 rings (SSSR count). The molecule has 25 heavy (non-hydrogen) atoms. The Kier molecular flexibility index (Phi) is 5.86. The number of rotatable bonds is 4. The molecule has 2 amide bonds. The third-order valence-electron chi connectivity index (χ3n) is 4.43. The first-order chi connectivity index (χ1) is 12.1. The molecule has 0 atom stereocenters. The summed E-state index contributed by atoms with van der Waals surface area (Å²) >= 11 is 1.56. The first-order valence-electron chi connectivity index (χ1n) is 8.80. The fourth-order valence-electron chi connectivity index (χ4n) is 3.07. The second kappa shape index (κ2) is 8.29. The van der Waals surface area contributed by atoms with Gasteiger partial charge in [0.15, 0.2) is 0 Å². The van der Waals surface area contributed by atoms with Crippen molar-refractivity contribution in [2.45, 2.75) is 51.4 Å². The molecular weight excluding hydrogens is 336 g/mol. The number of fused-ring (bicyclic) bond motifs is 1. The zero-order valence-corrected chi connectivity index (χ0v) is 15.3. The van der Waals surface area contributed by atoms with Crippen LogP contribution in [0.5, 0.6) is 0 Å². The quantitative estimate of drug-likeness (QED) is 0.823. The van der Waals surface area contributed by atoms with E-state index >= 15 is 0 Å². The lowest BCUT2D eigenvalue weighted by molar-refractivity contribution is -0.121. The fourth-order valence-corrected chi connectivity index (χ4v) is 4.21. The van der Waals surface area contributed by atoms with Crippen molar-refractivity contribution in [1.82, 2.24) is 20.6 Å². The zero-order chi connectivity index (χ0) is 17.6. The molecule has 0 saturated carbocycles. The molecule has 2 aromatic heterocycles. The van der Waals surface area contributed by atoms with Crippen molar-refractivity contribution in [2.24, 2.45) is 7.05 Å². The van der Waals surface area contributed by atoms with E-state index < -0.39 is 0 Å². The topological polar surface area (TPSA) is 76.0 Å². The lowest BCUT2D eigenvalue weighted by atomic mass is 10.00. The Morgan fingerprint density at radius 2 is 2.00 bits per heavy atom. The monoisotopic (exact) mass is 360 g/mol. The zero-order valence-electron chi connectivity index (χ0n) is 14.5. The van der Waals surface area contributed by atoms with Crippen LogP contribution in [0.25, 0.3) is 0 Å². The SMILES string of the molecule is Cn1cc(CCC(=O)NNC(=O)c2cc3c(s2)CCCCCC3)cn1. The molecule has 0 aromatic carbocycles. The number of amides is 2. The van der Waals surface area contributed by atoms with Crippen LogP contribution >= 0.6 is 11.3 Å². The average Bonchev–Trinajstić information content (AvgIpc) is 3.17. The number of nitrogens with one attached hydrogen (secondary N) is 2. The lowest BCUT2D eigenvalue weighted by Crippen LogP contribution is -2.41. The van der Waals surface area contributed by atoms with E-state index in [9.17, 15) is 9.59 Å². The van der Waals surface area contributed by atoms with Gasteiger partial charge in [-0.3, -0.25) is 25.1 Å². The molecule has 7 heteroatoms. The standard InChI is InChI=1S/C18H24N4O2S/c1-22-12-13(11-19-22)8-9-17(23)20-21-18(24)16-10-14-6-4-2-3-5-7-15(14)25-16/h10-12H,2-9H2,1H3,(H,20,23)(H,21,24). The largest absolute Gasteiger partial charge is 0.279 e. The van der Waals surface area contributed by atoms with Gasteiger partial charge in [-0.1, -0.05) is 12.8 Å². The molecule has 0 fully saturated rings. The van der Waals surface area contributed by atoms with Crippen LogP contribution in [-0.4, -0.2) is 21.6 Å². The molecule has 2 heterocycles. The molecule has 0 spiro atoms. The van der Waals surface area contributed by atoms with Gasteiger partial charge in [-0.15, -0.1) is 11.3 Å². The van der Waals surface area contributed by atoms with Crippen molar-refractivity contribution in [3.8, 4) is 0 Å². The molecule has 134 valence electrons. The summed E-state index contributed by atoms with van der Waals surface area (Å²) < 4.78 is 1.71. The highest BCUT2D eigenvalue weighted by atomic mass is 32.1. The Morgan fingerprint density at radius 1 is 1.20 bits per heavy atom. The minimum atomic E-state index is -0.230. The van der Waals surface area contributed by atoms with Crippen LogP contribution < -0.4 is 10.9 Å². The number of carbonyl (C=O) groups is 2.